The SMILES string of the molecule is O=C(O)C1Cc2nc[nH]c2CN1C(=O)CCOCC(F)F. The molecule has 2 heterocycles. The number of carboxylic acid groups (broad SMARTS) is 1. The summed E-state index contributed by atoms with van der Waals surface area (Å²) in [7, 11) is 0. The van der Waals surface area contributed by atoms with Gasteiger partial charge in [-0.15, -0.1) is 0 Å². The molecule has 116 valence electrons. The van der Waals surface area contributed by atoms with Crippen LogP contribution in [0.3, 0.4) is 0 Å². The predicted octanol–water partition coefficient (Wildman–Crippen LogP) is 0.419. The molecule has 1 aromatic heterocycles. The van der Waals surface area contributed by atoms with Crippen molar-refractivity contribution in [3.8, 4) is 0 Å². The summed E-state index contributed by atoms with van der Waals surface area (Å²) in [6, 6.07) is -0.997. The lowest BCUT2D eigenvalue weighted by molar-refractivity contribution is -0.152. The highest BCUT2D eigenvalue weighted by atomic mass is 19.3. The summed E-state index contributed by atoms with van der Waals surface area (Å²) in [6.07, 6.45) is -1.16. The largest absolute Gasteiger partial charge is 0.480 e. The molecular formula is C12H15F2N3O4. The smallest absolute Gasteiger partial charge is 0.326 e. The number of carbonyl (C=O) groups is 2. The zero-order valence-electron chi connectivity index (χ0n) is 11.1. The van der Waals surface area contributed by atoms with Crippen molar-refractivity contribution in [3.05, 3.63) is 17.7 Å². The van der Waals surface area contributed by atoms with E-state index in [2.05, 4.69) is 14.7 Å². The van der Waals surface area contributed by atoms with Crippen LogP contribution in [0.1, 0.15) is 17.8 Å². The van der Waals surface area contributed by atoms with Gasteiger partial charge in [-0.2, -0.15) is 0 Å². The molecule has 0 radical (unpaired) electrons. The third kappa shape index (κ3) is 3.75. The molecule has 0 bridgehead atoms. The van der Waals surface area contributed by atoms with Crippen molar-refractivity contribution in [1.82, 2.24) is 14.9 Å². The number of rotatable bonds is 6. The van der Waals surface area contributed by atoms with E-state index in [4.69, 9.17) is 0 Å². The number of alkyl halides is 2. The van der Waals surface area contributed by atoms with Crippen molar-refractivity contribution < 1.29 is 28.2 Å². The number of aromatic nitrogens is 2. The molecule has 0 spiro atoms. The van der Waals surface area contributed by atoms with Gasteiger partial charge in [0.2, 0.25) is 5.91 Å². The number of nitrogens with one attached hydrogen (secondary N) is 1. The molecule has 7 nitrogen and oxygen atoms in total. The van der Waals surface area contributed by atoms with Crippen LogP contribution in [0.5, 0.6) is 0 Å². The van der Waals surface area contributed by atoms with Crippen LogP contribution in [-0.2, 0) is 27.3 Å². The highest BCUT2D eigenvalue weighted by Gasteiger charge is 2.35. The molecule has 21 heavy (non-hydrogen) atoms. The summed E-state index contributed by atoms with van der Waals surface area (Å²) in [5, 5.41) is 9.20. The Kier molecular flexibility index (Phi) is 4.84. The summed E-state index contributed by atoms with van der Waals surface area (Å²) in [5.41, 5.74) is 1.31. The topological polar surface area (TPSA) is 95.5 Å². The van der Waals surface area contributed by atoms with E-state index in [-0.39, 0.29) is 26.0 Å². The van der Waals surface area contributed by atoms with Gasteiger partial charge in [0.1, 0.15) is 12.6 Å². The number of fused-ring (bicyclic) bond motifs is 1. The Bertz CT molecular complexity index is 520. The molecular weight excluding hydrogens is 288 g/mol. The van der Waals surface area contributed by atoms with E-state index in [9.17, 15) is 23.5 Å². The first kappa shape index (κ1) is 15.4. The summed E-state index contributed by atoms with van der Waals surface area (Å²) in [6.45, 7) is -0.790. The zero-order valence-corrected chi connectivity index (χ0v) is 11.1. The van der Waals surface area contributed by atoms with Gasteiger partial charge in [0.15, 0.2) is 0 Å². The van der Waals surface area contributed by atoms with Crippen molar-refractivity contribution >= 4 is 11.9 Å². The Labute approximate surface area is 118 Å². The second-order valence-electron chi connectivity index (χ2n) is 4.62. The quantitative estimate of drug-likeness (QED) is 0.743. The molecule has 9 heteroatoms. The van der Waals surface area contributed by atoms with Crippen LogP contribution in [0, 0.1) is 0 Å². The van der Waals surface area contributed by atoms with Crippen LogP contribution in [0.2, 0.25) is 0 Å². The van der Waals surface area contributed by atoms with Crippen LogP contribution >= 0.6 is 0 Å². The number of halogens is 2. The average molecular weight is 303 g/mol. The van der Waals surface area contributed by atoms with E-state index in [0.717, 1.165) is 0 Å². The Morgan fingerprint density at radius 2 is 2.33 bits per heavy atom. The summed E-state index contributed by atoms with van der Waals surface area (Å²) in [4.78, 5) is 31.4. The molecule has 0 aliphatic carbocycles. The van der Waals surface area contributed by atoms with Gasteiger partial charge in [-0.3, -0.25) is 4.79 Å². The Hall–Kier alpha value is -2.03. The maximum atomic E-state index is 12.1. The minimum Gasteiger partial charge on any atom is -0.480 e. The van der Waals surface area contributed by atoms with Crippen molar-refractivity contribution in [1.29, 1.82) is 0 Å². The highest BCUT2D eigenvalue weighted by molar-refractivity contribution is 5.84. The summed E-state index contributed by atoms with van der Waals surface area (Å²) in [5.74, 6) is -1.57. The molecule has 1 amide bonds. The van der Waals surface area contributed by atoms with Crippen molar-refractivity contribution in [2.24, 2.45) is 0 Å². The molecule has 0 fully saturated rings. The van der Waals surface area contributed by atoms with Gasteiger partial charge in [0, 0.05) is 6.42 Å². The van der Waals surface area contributed by atoms with Crippen LogP contribution in [0.15, 0.2) is 6.33 Å². The Balaban J connectivity index is 1.96. The third-order valence-corrected chi connectivity index (χ3v) is 3.21. The van der Waals surface area contributed by atoms with Crippen molar-refractivity contribution in [2.45, 2.75) is 31.9 Å². The molecule has 1 aromatic rings. The number of aromatic amines is 1. The number of carbonyl (C=O) groups excluding carboxylic acids is 1. The third-order valence-electron chi connectivity index (χ3n) is 3.21. The number of ether oxygens (including phenoxy) is 1. The molecule has 1 aliphatic heterocycles. The highest BCUT2D eigenvalue weighted by Crippen LogP contribution is 2.21. The van der Waals surface area contributed by atoms with E-state index in [1.807, 2.05) is 0 Å². The van der Waals surface area contributed by atoms with Gasteiger partial charge in [-0.25, -0.2) is 18.6 Å². The second-order valence-corrected chi connectivity index (χ2v) is 4.62. The van der Waals surface area contributed by atoms with Gasteiger partial charge in [-0.05, 0) is 0 Å². The van der Waals surface area contributed by atoms with Gasteiger partial charge in [0.25, 0.3) is 6.43 Å². The molecule has 2 N–H and O–H groups in total. The minimum absolute atomic E-state index is 0.111. The van der Waals surface area contributed by atoms with E-state index in [1.165, 1.54) is 11.2 Å². The molecule has 0 aromatic carbocycles. The summed E-state index contributed by atoms with van der Waals surface area (Å²) >= 11 is 0. The van der Waals surface area contributed by atoms with Crippen LogP contribution in [0.25, 0.3) is 0 Å². The maximum Gasteiger partial charge on any atom is 0.326 e. The lowest BCUT2D eigenvalue weighted by Gasteiger charge is -2.32. The molecule has 1 atom stereocenters. The molecule has 0 saturated heterocycles. The Morgan fingerprint density at radius 1 is 1.57 bits per heavy atom. The Morgan fingerprint density at radius 3 is 3.00 bits per heavy atom. The predicted molar refractivity (Wildman–Crippen MR) is 65.7 cm³/mol. The molecule has 1 unspecified atom stereocenters. The standard InChI is InChI=1S/C12H15F2N3O4/c13-10(14)5-21-2-1-11(18)17-4-8-7(15-6-16-8)3-9(17)12(19)20/h6,9-10H,1-5H2,(H,15,16)(H,19,20). The van der Waals surface area contributed by atoms with Gasteiger partial charge in [0.05, 0.1) is 37.3 Å². The fourth-order valence-corrected chi connectivity index (χ4v) is 2.19. The van der Waals surface area contributed by atoms with Crippen LogP contribution in [0.4, 0.5) is 8.78 Å². The fourth-order valence-electron chi connectivity index (χ4n) is 2.19. The average Bonchev–Trinajstić information content (AvgIpc) is 2.88. The number of carboxylic acids is 1. The maximum absolute atomic E-state index is 12.1. The first-order valence-corrected chi connectivity index (χ1v) is 6.38. The molecule has 2 rings (SSSR count). The number of imidazole rings is 1. The number of aliphatic carboxylic acids is 1. The fraction of sp³-hybridized carbons (Fsp3) is 0.583. The van der Waals surface area contributed by atoms with E-state index in [0.29, 0.717) is 11.4 Å². The van der Waals surface area contributed by atoms with E-state index >= 15 is 0 Å². The van der Waals surface area contributed by atoms with E-state index in [1.54, 1.807) is 0 Å². The first-order chi connectivity index (χ1) is 9.99. The second kappa shape index (κ2) is 6.61. The van der Waals surface area contributed by atoms with E-state index < -0.39 is 31.0 Å². The lowest BCUT2D eigenvalue weighted by Crippen LogP contribution is -2.49. The molecule has 1 aliphatic rings. The van der Waals surface area contributed by atoms with Crippen LogP contribution < -0.4 is 0 Å². The number of H-pyrrole nitrogens is 1. The minimum atomic E-state index is -2.59. The monoisotopic (exact) mass is 303 g/mol. The zero-order chi connectivity index (χ0) is 15.4. The molecule has 0 saturated carbocycles. The number of hydrogen-bond donors (Lipinski definition) is 2. The van der Waals surface area contributed by atoms with Gasteiger partial charge >= 0.3 is 5.97 Å². The number of hydrogen-bond acceptors (Lipinski definition) is 4. The van der Waals surface area contributed by atoms with Gasteiger partial charge in [-0.1, -0.05) is 0 Å². The lowest BCUT2D eigenvalue weighted by atomic mass is 10.0. The number of nitrogens with zero attached hydrogens (tertiary/aromatic N) is 2. The van der Waals surface area contributed by atoms with Crippen LogP contribution in [-0.4, -0.2) is 57.5 Å². The van der Waals surface area contributed by atoms with Crippen molar-refractivity contribution in [3.63, 3.8) is 0 Å². The van der Waals surface area contributed by atoms with Crippen molar-refractivity contribution in [2.75, 3.05) is 13.2 Å². The van der Waals surface area contributed by atoms with Gasteiger partial charge < -0.3 is 19.7 Å². The normalized spacial score (nSPS) is 17.9. The summed E-state index contributed by atoms with van der Waals surface area (Å²) < 4.78 is 28.4. The first-order valence-electron chi connectivity index (χ1n) is 6.38. The number of amides is 1.